The number of hydrogen-bond donors (Lipinski definition) is 1. The molecule has 1 atom stereocenters. The molecule has 2 aliphatic rings. The molecule has 27 heavy (non-hydrogen) atoms. The molecule has 0 bridgehead atoms. The first-order valence-electron chi connectivity index (χ1n) is 9.70. The zero-order valence-electron chi connectivity index (χ0n) is 16.2. The Kier molecular flexibility index (Phi) is 4.58. The van der Waals surface area contributed by atoms with Gasteiger partial charge in [0, 0.05) is 61.2 Å². The van der Waals surface area contributed by atoms with Crippen molar-refractivity contribution in [2.24, 2.45) is 11.8 Å². The highest BCUT2D eigenvalue weighted by atomic mass is 16.5. The molecule has 4 rings (SSSR count). The zero-order valence-corrected chi connectivity index (χ0v) is 16.2. The van der Waals surface area contributed by atoms with E-state index < -0.39 is 0 Å². The minimum absolute atomic E-state index is 0.108. The second kappa shape index (κ2) is 6.91. The highest BCUT2D eigenvalue weighted by Crippen LogP contribution is 2.32. The lowest BCUT2D eigenvalue weighted by molar-refractivity contribution is -0.136. The first-order chi connectivity index (χ1) is 13.0. The van der Waals surface area contributed by atoms with Crippen molar-refractivity contribution in [2.45, 2.75) is 33.2 Å². The number of nitrogens with one attached hydrogen (secondary N) is 1. The number of rotatable bonds is 4. The van der Waals surface area contributed by atoms with Gasteiger partial charge in [-0.25, -0.2) is 0 Å². The van der Waals surface area contributed by atoms with Crippen molar-refractivity contribution in [1.82, 2.24) is 14.8 Å². The van der Waals surface area contributed by atoms with Crippen LogP contribution in [0.1, 0.15) is 31.5 Å². The molecule has 1 aromatic heterocycles. The average Bonchev–Trinajstić information content (AvgIpc) is 3.20. The molecule has 1 aromatic carbocycles. The van der Waals surface area contributed by atoms with E-state index in [0.29, 0.717) is 32.0 Å². The molecule has 1 saturated heterocycles. The molecule has 144 valence electrons. The molecular weight excluding hydrogens is 342 g/mol. The summed E-state index contributed by atoms with van der Waals surface area (Å²) in [5, 5.41) is 1.12. The summed E-state index contributed by atoms with van der Waals surface area (Å²) < 4.78 is 5.36. The van der Waals surface area contributed by atoms with Gasteiger partial charge in [-0.05, 0) is 24.1 Å². The molecule has 0 radical (unpaired) electrons. The number of benzene rings is 1. The van der Waals surface area contributed by atoms with Crippen molar-refractivity contribution in [3.05, 3.63) is 29.5 Å². The monoisotopic (exact) mass is 369 g/mol. The fourth-order valence-electron chi connectivity index (χ4n) is 4.32. The number of H-pyrrole nitrogens is 1. The average molecular weight is 369 g/mol. The van der Waals surface area contributed by atoms with Crippen LogP contribution in [0.25, 0.3) is 10.9 Å². The standard InChI is InChI=1S/C21H27N3O3/c1-13(2)10-24-11-14(8-20(24)25)21(26)23-7-6-19-17(12-23)16-9-15(27-3)4-5-18(16)22-19/h4-5,9,13-14,22H,6-8,10-12H2,1-3H3/t14-/m0/s1. The van der Waals surface area contributed by atoms with Crippen molar-refractivity contribution in [3.63, 3.8) is 0 Å². The van der Waals surface area contributed by atoms with Crippen LogP contribution in [0.3, 0.4) is 0 Å². The predicted molar refractivity (Wildman–Crippen MR) is 103 cm³/mol. The van der Waals surface area contributed by atoms with Gasteiger partial charge in [0.15, 0.2) is 0 Å². The number of amides is 2. The second-order valence-electron chi connectivity index (χ2n) is 8.10. The molecule has 6 nitrogen and oxygen atoms in total. The van der Waals surface area contributed by atoms with Gasteiger partial charge in [-0.2, -0.15) is 0 Å². The van der Waals surface area contributed by atoms with E-state index in [1.165, 1.54) is 11.3 Å². The van der Waals surface area contributed by atoms with Crippen LogP contribution in [0.4, 0.5) is 0 Å². The molecule has 2 amide bonds. The Morgan fingerprint density at radius 2 is 2.19 bits per heavy atom. The highest BCUT2D eigenvalue weighted by Gasteiger charge is 2.37. The Hall–Kier alpha value is -2.50. The lowest BCUT2D eigenvalue weighted by Crippen LogP contribution is -2.40. The number of ether oxygens (including phenoxy) is 1. The van der Waals surface area contributed by atoms with E-state index in [1.54, 1.807) is 7.11 Å². The summed E-state index contributed by atoms with van der Waals surface area (Å²) >= 11 is 0. The molecule has 1 fully saturated rings. The second-order valence-corrected chi connectivity index (χ2v) is 8.10. The van der Waals surface area contributed by atoms with Gasteiger partial charge < -0.3 is 19.5 Å². The summed E-state index contributed by atoms with van der Waals surface area (Å²) in [7, 11) is 1.66. The van der Waals surface area contributed by atoms with Crippen LogP contribution < -0.4 is 4.74 Å². The van der Waals surface area contributed by atoms with Crippen molar-refractivity contribution < 1.29 is 14.3 Å². The van der Waals surface area contributed by atoms with Crippen molar-refractivity contribution in [3.8, 4) is 5.75 Å². The number of aromatic amines is 1. The number of aromatic nitrogens is 1. The zero-order chi connectivity index (χ0) is 19.1. The Morgan fingerprint density at radius 3 is 2.93 bits per heavy atom. The third kappa shape index (κ3) is 3.29. The maximum absolute atomic E-state index is 13.1. The largest absolute Gasteiger partial charge is 0.497 e. The third-order valence-corrected chi connectivity index (χ3v) is 5.64. The topological polar surface area (TPSA) is 65.6 Å². The molecule has 2 aromatic rings. The molecule has 2 aliphatic heterocycles. The normalized spacial score (nSPS) is 19.9. The van der Waals surface area contributed by atoms with E-state index in [1.807, 2.05) is 28.0 Å². The van der Waals surface area contributed by atoms with Gasteiger partial charge in [0.05, 0.1) is 13.0 Å². The van der Waals surface area contributed by atoms with Gasteiger partial charge in [-0.3, -0.25) is 9.59 Å². The summed E-state index contributed by atoms with van der Waals surface area (Å²) in [5.41, 5.74) is 3.45. The maximum Gasteiger partial charge on any atom is 0.228 e. The van der Waals surface area contributed by atoms with Gasteiger partial charge in [0.25, 0.3) is 0 Å². The molecular formula is C21H27N3O3. The number of carbonyl (C=O) groups is 2. The Labute approximate surface area is 159 Å². The van der Waals surface area contributed by atoms with Crippen LogP contribution in [-0.4, -0.2) is 53.3 Å². The van der Waals surface area contributed by atoms with Crippen molar-refractivity contribution in [1.29, 1.82) is 0 Å². The van der Waals surface area contributed by atoms with E-state index in [2.05, 4.69) is 18.8 Å². The molecule has 0 saturated carbocycles. The lowest BCUT2D eigenvalue weighted by Gasteiger charge is -2.29. The Balaban J connectivity index is 1.52. The van der Waals surface area contributed by atoms with Crippen LogP contribution in [0.15, 0.2) is 18.2 Å². The van der Waals surface area contributed by atoms with Crippen LogP contribution in [0.2, 0.25) is 0 Å². The smallest absolute Gasteiger partial charge is 0.228 e. The number of methoxy groups -OCH3 is 1. The molecule has 0 aliphatic carbocycles. The number of hydrogen-bond acceptors (Lipinski definition) is 3. The third-order valence-electron chi connectivity index (χ3n) is 5.64. The van der Waals surface area contributed by atoms with Gasteiger partial charge in [0.2, 0.25) is 11.8 Å². The molecule has 0 unspecified atom stereocenters. The molecule has 6 heteroatoms. The Morgan fingerprint density at radius 1 is 1.37 bits per heavy atom. The first kappa shape index (κ1) is 17.9. The summed E-state index contributed by atoms with van der Waals surface area (Å²) in [4.78, 5) is 32.6. The van der Waals surface area contributed by atoms with Gasteiger partial charge in [0.1, 0.15) is 5.75 Å². The lowest BCUT2D eigenvalue weighted by atomic mass is 10.0. The van der Waals surface area contributed by atoms with E-state index in [0.717, 1.165) is 29.6 Å². The predicted octanol–water partition coefficient (Wildman–Crippen LogP) is 2.57. The minimum Gasteiger partial charge on any atom is -0.497 e. The van der Waals surface area contributed by atoms with Gasteiger partial charge in [-0.15, -0.1) is 0 Å². The molecule has 1 N–H and O–H groups in total. The summed E-state index contributed by atoms with van der Waals surface area (Å²) in [5.74, 6) is 1.24. The van der Waals surface area contributed by atoms with E-state index in [4.69, 9.17) is 4.74 Å². The number of fused-ring (bicyclic) bond motifs is 3. The van der Waals surface area contributed by atoms with Gasteiger partial charge in [-0.1, -0.05) is 13.8 Å². The van der Waals surface area contributed by atoms with Crippen molar-refractivity contribution in [2.75, 3.05) is 26.7 Å². The van der Waals surface area contributed by atoms with E-state index in [-0.39, 0.29) is 17.7 Å². The number of nitrogens with zero attached hydrogens (tertiary/aromatic N) is 2. The maximum atomic E-state index is 13.1. The van der Waals surface area contributed by atoms with Crippen molar-refractivity contribution >= 4 is 22.7 Å². The van der Waals surface area contributed by atoms with E-state index in [9.17, 15) is 9.59 Å². The molecule has 0 spiro atoms. The SMILES string of the molecule is COc1ccc2[nH]c3c(c2c1)CN(C(=O)[C@H]1CC(=O)N(CC(C)C)C1)CC3. The molecule has 3 heterocycles. The number of carbonyl (C=O) groups excluding carboxylic acids is 2. The number of likely N-dealkylation sites (tertiary alicyclic amines) is 1. The van der Waals surface area contributed by atoms with Crippen LogP contribution in [0, 0.1) is 11.8 Å². The summed E-state index contributed by atoms with van der Waals surface area (Å²) in [6.45, 7) is 6.77. The van der Waals surface area contributed by atoms with Gasteiger partial charge >= 0.3 is 0 Å². The van der Waals surface area contributed by atoms with Crippen LogP contribution in [0.5, 0.6) is 5.75 Å². The minimum atomic E-state index is -0.211. The van der Waals surface area contributed by atoms with Crippen LogP contribution >= 0.6 is 0 Å². The first-order valence-corrected chi connectivity index (χ1v) is 9.70. The highest BCUT2D eigenvalue weighted by molar-refractivity contribution is 5.91. The Bertz CT molecular complexity index is 886. The quantitative estimate of drug-likeness (QED) is 0.901. The van der Waals surface area contributed by atoms with E-state index >= 15 is 0 Å². The fraction of sp³-hybridized carbons (Fsp3) is 0.524. The fourth-order valence-corrected chi connectivity index (χ4v) is 4.32. The summed E-state index contributed by atoms with van der Waals surface area (Å²) in [6, 6.07) is 6.00. The summed E-state index contributed by atoms with van der Waals surface area (Å²) in [6.07, 6.45) is 1.16. The van der Waals surface area contributed by atoms with Crippen LogP contribution in [-0.2, 0) is 22.6 Å².